The van der Waals surface area contributed by atoms with Gasteiger partial charge in [0.2, 0.25) is 0 Å². The molecule has 1 aromatic carbocycles. The maximum atomic E-state index is 13.3. The highest BCUT2D eigenvalue weighted by Crippen LogP contribution is 2.45. The van der Waals surface area contributed by atoms with Crippen molar-refractivity contribution in [3.05, 3.63) is 44.7 Å². The summed E-state index contributed by atoms with van der Waals surface area (Å²) in [6.45, 7) is 1.92. The molecular weight excluding hydrogens is 465 g/mol. The molecule has 1 fully saturated rings. The number of rotatable bonds is 3. The molecule has 4 nitrogen and oxygen atoms in total. The van der Waals surface area contributed by atoms with Gasteiger partial charge in [0.15, 0.2) is 5.78 Å². The fourth-order valence-corrected chi connectivity index (χ4v) is 5.52. The van der Waals surface area contributed by atoms with Gasteiger partial charge in [-0.3, -0.25) is 14.6 Å². The van der Waals surface area contributed by atoms with Crippen molar-refractivity contribution in [3.8, 4) is 0 Å². The number of carbonyl (C=O) groups excluding carboxylic acids is 2. The van der Waals surface area contributed by atoms with Gasteiger partial charge in [-0.05, 0) is 79.7 Å². The van der Waals surface area contributed by atoms with Gasteiger partial charge in [-0.2, -0.15) is 0 Å². The van der Waals surface area contributed by atoms with Gasteiger partial charge in [-0.25, -0.2) is 0 Å². The van der Waals surface area contributed by atoms with Crippen molar-refractivity contribution in [1.82, 2.24) is 0 Å². The van der Waals surface area contributed by atoms with Crippen LogP contribution in [-0.2, 0) is 14.3 Å². The number of ether oxygens (including phenoxy) is 1. The van der Waals surface area contributed by atoms with Crippen molar-refractivity contribution in [1.29, 1.82) is 0 Å². The fraction of sp³-hybridized carbons (Fsp3) is 0.522. The van der Waals surface area contributed by atoms with Crippen molar-refractivity contribution >= 4 is 40.1 Å². The van der Waals surface area contributed by atoms with Crippen molar-refractivity contribution < 1.29 is 14.3 Å². The molecule has 0 aromatic heterocycles. The molecule has 0 radical (unpaired) electrons. The third kappa shape index (κ3) is 3.82. The molecule has 1 heterocycles. The Hall–Kier alpha value is -1.50. The number of allylic oxidation sites excluding steroid dienone is 2. The average Bonchev–Trinajstić information content (AvgIpc) is 2.68. The molecule has 1 unspecified atom stereocenters. The lowest BCUT2D eigenvalue weighted by atomic mass is 9.72. The number of aliphatic imine (C=N–C) groups is 1. The molecule has 0 saturated heterocycles. The molecule has 5 heteroatoms. The van der Waals surface area contributed by atoms with Gasteiger partial charge in [0.25, 0.3) is 0 Å². The Morgan fingerprint density at radius 1 is 1.11 bits per heavy atom. The largest absolute Gasteiger partial charge is 0.462 e. The van der Waals surface area contributed by atoms with E-state index in [4.69, 9.17) is 9.73 Å². The van der Waals surface area contributed by atoms with Crippen molar-refractivity contribution in [3.63, 3.8) is 0 Å². The van der Waals surface area contributed by atoms with E-state index in [9.17, 15) is 9.59 Å². The summed E-state index contributed by atoms with van der Waals surface area (Å²) < 4.78 is 7.02. The van der Waals surface area contributed by atoms with Gasteiger partial charge in [-0.1, -0.05) is 24.6 Å². The molecular formula is C23H26INO3. The topological polar surface area (TPSA) is 55.7 Å². The number of ketones is 1. The van der Waals surface area contributed by atoms with E-state index in [0.717, 1.165) is 64.6 Å². The number of hydrogen-bond donors (Lipinski definition) is 0. The zero-order valence-electron chi connectivity index (χ0n) is 16.2. The third-order valence-electron chi connectivity index (χ3n) is 6.16. The minimum atomic E-state index is -0.515. The van der Waals surface area contributed by atoms with Crippen LogP contribution in [0.4, 0.5) is 0 Å². The molecule has 3 aliphatic rings. The first kappa shape index (κ1) is 19.8. The first-order chi connectivity index (χ1) is 13.6. The number of benzene rings is 1. The van der Waals surface area contributed by atoms with Crippen LogP contribution in [0.5, 0.6) is 0 Å². The molecule has 4 rings (SSSR count). The van der Waals surface area contributed by atoms with E-state index in [1.165, 1.54) is 6.42 Å². The van der Waals surface area contributed by atoms with Crippen LogP contribution < -0.4 is 0 Å². The van der Waals surface area contributed by atoms with Crippen LogP contribution in [0.25, 0.3) is 0 Å². The molecule has 0 amide bonds. The first-order valence-corrected chi connectivity index (χ1v) is 11.4. The smallest absolute Gasteiger partial charge is 0.315 e. The second-order valence-electron chi connectivity index (χ2n) is 8.06. The Labute approximate surface area is 180 Å². The highest BCUT2D eigenvalue weighted by molar-refractivity contribution is 14.1. The second kappa shape index (κ2) is 8.47. The van der Waals surface area contributed by atoms with E-state index in [0.29, 0.717) is 6.42 Å². The van der Waals surface area contributed by atoms with Gasteiger partial charge < -0.3 is 4.74 Å². The number of Topliss-reactive ketones (excluding diaryl/α,β-unsaturated/α-hetero) is 1. The van der Waals surface area contributed by atoms with Gasteiger partial charge in [-0.15, -0.1) is 0 Å². The van der Waals surface area contributed by atoms with Gasteiger partial charge in [0.1, 0.15) is 12.0 Å². The number of nitrogens with zero attached hydrogens (tertiary/aromatic N) is 1. The van der Waals surface area contributed by atoms with Gasteiger partial charge >= 0.3 is 5.97 Å². The predicted molar refractivity (Wildman–Crippen MR) is 117 cm³/mol. The van der Waals surface area contributed by atoms with E-state index < -0.39 is 5.92 Å². The maximum absolute atomic E-state index is 13.3. The summed E-state index contributed by atoms with van der Waals surface area (Å²) in [6, 6.07) is 8.05. The number of halogens is 1. The minimum absolute atomic E-state index is 0.00183. The summed E-state index contributed by atoms with van der Waals surface area (Å²) >= 11 is 2.30. The zero-order valence-corrected chi connectivity index (χ0v) is 18.4. The third-order valence-corrected chi connectivity index (χ3v) is 7.15. The molecule has 148 valence electrons. The molecule has 2 aliphatic carbocycles. The Morgan fingerprint density at radius 3 is 2.61 bits per heavy atom. The van der Waals surface area contributed by atoms with E-state index in [2.05, 4.69) is 22.6 Å². The highest BCUT2D eigenvalue weighted by atomic mass is 127. The Morgan fingerprint density at radius 2 is 1.86 bits per heavy atom. The van der Waals surface area contributed by atoms with Gasteiger partial charge in [0, 0.05) is 32.9 Å². The summed E-state index contributed by atoms with van der Waals surface area (Å²) in [5, 5.41) is 0. The standard InChI is InChI=1S/C23H26INO3/c1-14-20(23(27)28-15-8-3-2-4-9-15)21(16-10-5-6-11-17(16)24)22-18(25-14)12-7-13-19(22)26/h5-6,10-11,15,20-21H,2-4,7-9,12-13H2,1H3/t20?,21-/m0/s1. The minimum Gasteiger partial charge on any atom is -0.462 e. The average molecular weight is 491 g/mol. The number of carbonyl (C=O) groups is 2. The Kier molecular flexibility index (Phi) is 5.99. The summed E-state index contributed by atoms with van der Waals surface area (Å²) in [7, 11) is 0. The molecule has 1 aliphatic heterocycles. The lowest BCUT2D eigenvalue weighted by Gasteiger charge is -2.36. The Balaban J connectivity index is 1.74. The van der Waals surface area contributed by atoms with Crippen molar-refractivity contribution in [2.75, 3.05) is 0 Å². The molecule has 2 atom stereocenters. The lowest BCUT2D eigenvalue weighted by molar-refractivity contribution is -0.153. The molecule has 1 saturated carbocycles. The van der Waals surface area contributed by atoms with Crippen LogP contribution in [0.2, 0.25) is 0 Å². The summed E-state index contributed by atoms with van der Waals surface area (Å²) in [4.78, 5) is 30.9. The second-order valence-corrected chi connectivity index (χ2v) is 9.23. The molecule has 28 heavy (non-hydrogen) atoms. The van der Waals surface area contributed by atoms with E-state index in [1.807, 2.05) is 31.2 Å². The summed E-state index contributed by atoms with van der Waals surface area (Å²) in [5.41, 5.74) is 3.43. The number of hydrogen-bond acceptors (Lipinski definition) is 4. The quantitative estimate of drug-likeness (QED) is 0.423. The Bertz CT molecular complexity index is 851. The highest BCUT2D eigenvalue weighted by Gasteiger charge is 2.44. The van der Waals surface area contributed by atoms with Crippen LogP contribution in [-0.4, -0.2) is 23.6 Å². The van der Waals surface area contributed by atoms with E-state index in [1.54, 1.807) is 0 Å². The van der Waals surface area contributed by atoms with Crippen LogP contribution in [0.3, 0.4) is 0 Å². The normalized spacial score (nSPS) is 25.9. The number of esters is 1. The lowest BCUT2D eigenvalue weighted by Crippen LogP contribution is -2.39. The fourth-order valence-electron chi connectivity index (χ4n) is 4.80. The summed E-state index contributed by atoms with van der Waals surface area (Å²) in [5.74, 6) is -0.886. The monoisotopic (exact) mass is 491 g/mol. The summed E-state index contributed by atoms with van der Waals surface area (Å²) in [6.07, 6.45) is 7.51. The molecule has 1 aromatic rings. The van der Waals surface area contributed by atoms with E-state index in [-0.39, 0.29) is 23.8 Å². The first-order valence-electron chi connectivity index (χ1n) is 10.3. The predicted octanol–water partition coefficient (Wildman–Crippen LogP) is 5.35. The van der Waals surface area contributed by atoms with E-state index >= 15 is 0 Å². The van der Waals surface area contributed by atoms with Crippen LogP contribution >= 0.6 is 22.6 Å². The zero-order chi connectivity index (χ0) is 19.7. The molecule has 0 bridgehead atoms. The van der Waals surface area contributed by atoms with Crippen molar-refractivity contribution in [2.45, 2.75) is 70.3 Å². The van der Waals surface area contributed by atoms with Crippen LogP contribution in [0.1, 0.15) is 69.8 Å². The molecule has 0 N–H and O–H groups in total. The SMILES string of the molecule is CC1=NC2=C(C(=O)CCC2)[C@@H](c2ccccc2I)C1C(=O)OC1CCCCC1. The maximum Gasteiger partial charge on any atom is 0.315 e. The molecule has 0 spiro atoms. The van der Waals surface area contributed by atoms with Crippen molar-refractivity contribution in [2.24, 2.45) is 10.9 Å². The van der Waals surface area contributed by atoms with Gasteiger partial charge in [0.05, 0.1) is 0 Å². The van der Waals surface area contributed by atoms with Crippen LogP contribution in [0.15, 0.2) is 40.5 Å². The van der Waals surface area contributed by atoms with Crippen LogP contribution in [0, 0.1) is 9.49 Å².